The standard InChI is InChI=1S/C15H18N/c1-11-5-7-14(13(3)9-11)15-8-6-12(2)10-16(15)4/h5-10H,1-4H3/q+1/i1D3,2D3,5D,6D,7D,8D,9D,10D. The molecule has 2 aromatic rings. The first kappa shape index (κ1) is 3.43. The summed E-state index contributed by atoms with van der Waals surface area (Å²) < 4.78 is 95.0. The van der Waals surface area contributed by atoms with Gasteiger partial charge in [0.2, 0.25) is 5.69 Å². The predicted molar refractivity (Wildman–Crippen MR) is 67.3 cm³/mol. The zero-order chi connectivity index (χ0) is 21.9. The number of rotatable bonds is 1. The van der Waals surface area contributed by atoms with Gasteiger partial charge in [0.1, 0.15) is 8.42 Å². The Labute approximate surface area is 114 Å². The van der Waals surface area contributed by atoms with Crippen LogP contribution < -0.4 is 4.57 Å². The molecule has 0 N–H and O–H groups in total. The molecule has 82 valence electrons. The highest BCUT2D eigenvalue weighted by molar-refractivity contribution is 5.61. The molecule has 16 heavy (non-hydrogen) atoms. The monoisotopic (exact) mass is 224 g/mol. The Balaban J connectivity index is 3.04. The summed E-state index contributed by atoms with van der Waals surface area (Å²) in [7, 11) is 1.29. The Bertz CT molecular complexity index is 833. The maximum Gasteiger partial charge on any atom is 0.212 e. The quantitative estimate of drug-likeness (QED) is 0.655. The van der Waals surface area contributed by atoms with Crippen molar-refractivity contribution in [3.05, 3.63) is 53.1 Å². The second kappa shape index (κ2) is 4.09. The summed E-state index contributed by atoms with van der Waals surface area (Å²) >= 11 is 0. The molecule has 0 unspecified atom stereocenters. The highest BCUT2D eigenvalue weighted by atomic mass is 14.9. The van der Waals surface area contributed by atoms with Crippen LogP contribution in [0.2, 0.25) is 0 Å². The second-order valence-corrected chi connectivity index (χ2v) is 3.39. The SMILES string of the molecule is [2H]c1c([2H])c(C([2H])([2H])[2H])c([2H])c(C)c1-c1c([2H])c([2H])c(C([2H])([2H])[2H])c([2H])[n+]1C. The molecule has 0 aliphatic rings. The zero-order valence-corrected chi connectivity index (χ0v) is 8.95. The van der Waals surface area contributed by atoms with Gasteiger partial charge in [-0.15, -0.1) is 0 Å². The molecule has 1 aromatic heterocycles. The Kier molecular flexibility index (Phi) is 0.876. The molecule has 1 heteroatoms. The van der Waals surface area contributed by atoms with Gasteiger partial charge in [-0.2, -0.15) is 0 Å². The Morgan fingerprint density at radius 2 is 1.88 bits per heavy atom. The number of benzene rings is 1. The van der Waals surface area contributed by atoms with E-state index in [1.54, 1.807) is 0 Å². The third-order valence-corrected chi connectivity index (χ3v) is 2.16. The predicted octanol–water partition coefficient (Wildman–Crippen LogP) is 3.10. The van der Waals surface area contributed by atoms with Gasteiger partial charge >= 0.3 is 0 Å². The summed E-state index contributed by atoms with van der Waals surface area (Å²) in [5.74, 6) is 0. The van der Waals surface area contributed by atoms with Crippen molar-refractivity contribution in [3.63, 3.8) is 0 Å². The summed E-state index contributed by atoms with van der Waals surface area (Å²) in [5, 5.41) is 0. The lowest BCUT2D eigenvalue weighted by atomic mass is 10.0. The molecule has 0 atom stereocenters. The third kappa shape index (κ3) is 1.99. The average molecular weight is 224 g/mol. The lowest BCUT2D eigenvalue weighted by Crippen LogP contribution is -2.31. The van der Waals surface area contributed by atoms with Crippen LogP contribution in [-0.2, 0) is 7.05 Å². The summed E-state index contributed by atoms with van der Waals surface area (Å²) in [6.45, 7) is -4.23. The van der Waals surface area contributed by atoms with Gasteiger partial charge in [-0.25, -0.2) is 4.57 Å². The van der Waals surface area contributed by atoms with Crippen LogP contribution in [0, 0.1) is 20.6 Å². The maximum atomic E-state index is 8.25. The van der Waals surface area contributed by atoms with Crippen LogP contribution in [-0.4, -0.2) is 0 Å². The van der Waals surface area contributed by atoms with Crippen LogP contribution in [0.15, 0.2) is 36.4 Å². The van der Waals surface area contributed by atoms with E-state index in [1.165, 1.54) is 14.0 Å². The van der Waals surface area contributed by atoms with E-state index in [2.05, 4.69) is 0 Å². The van der Waals surface area contributed by atoms with Crippen LogP contribution >= 0.6 is 0 Å². The molecule has 1 heterocycles. The van der Waals surface area contributed by atoms with Gasteiger partial charge in [0, 0.05) is 25.4 Å². The van der Waals surface area contributed by atoms with E-state index in [9.17, 15) is 0 Å². The molecule has 0 fully saturated rings. The van der Waals surface area contributed by atoms with E-state index in [0.717, 1.165) is 4.57 Å². The summed E-state index contributed by atoms with van der Waals surface area (Å²) in [4.78, 5) is 0. The maximum absolute atomic E-state index is 8.25. The lowest BCUT2D eigenvalue weighted by Gasteiger charge is -2.05. The number of pyridine rings is 1. The van der Waals surface area contributed by atoms with Crippen LogP contribution in [0.4, 0.5) is 0 Å². The van der Waals surface area contributed by atoms with E-state index in [4.69, 9.17) is 16.4 Å². The fourth-order valence-corrected chi connectivity index (χ4v) is 1.42. The number of hydrogen-bond acceptors (Lipinski definition) is 0. The normalized spacial score (nSPS) is 22.9. The molecule has 0 aliphatic carbocycles. The third-order valence-electron chi connectivity index (χ3n) is 2.16. The van der Waals surface area contributed by atoms with Crippen molar-refractivity contribution in [2.45, 2.75) is 20.6 Å². The van der Waals surface area contributed by atoms with Gasteiger partial charge in [-0.05, 0) is 38.3 Å². The van der Waals surface area contributed by atoms with Crippen LogP contribution in [0.25, 0.3) is 11.3 Å². The molecule has 0 spiro atoms. The van der Waals surface area contributed by atoms with Crippen molar-refractivity contribution in [2.24, 2.45) is 7.05 Å². The van der Waals surface area contributed by atoms with E-state index in [1.807, 2.05) is 0 Å². The molecular weight excluding hydrogens is 194 g/mol. The molecule has 0 bridgehead atoms. The van der Waals surface area contributed by atoms with E-state index in [0.29, 0.717) is 0 Å². The summed E-state index contributed by atoms with van der Waals surface area (Å²) in [6, 6.07) is -3.06. The summed E-state index contributed by atoms with van der Waals surface area (Å²) in [5.41, 5.74) is -1.55. The molecule has 0 aliphatic heterocycles. The van der Waals surface area contributed by atoms with Gasteiger partial charge < -0.3 is 0 Å². The number of nitrogens with zero attached hydrogens (tertiary/aromatic N) is 1. The first-order valence-corrected chi connectivity index (χ1v) is 4.64. The van der Waals surface area contributed by atoms with Crippen molar-refractivity contribution in [3.8, 4) is 11.3 Å². The van der Waals surface area contributed by atoms with Gasteiger partial charge in [0.25, 0.3) is 0 Å². The van der Waals surface area contributed by atoms with Crippen molar-refractivity contribution in [2.75, 3.05) is 0 Å². The van der Waals surface area contributed by atoms with Gasteiger partial charge in [0.15, 0.2) is 6.17 Å². The summed E-state index contributed by atoms with van der Waals surface area (Å²) in [6.07, 6.45) is -0.562. The van der Waals surface area contributed by atoms with Gasteiger partial charge in [-0.1, -0.05) is 17.6 Å². The first-order chi connectivity index (χ1) is 12.5. The number of aromatic nitrogens is 1. The molecule has 2 rings (SSSR count). The lowest BCUT2D eigenvalue weighted by molar-refractivity contribution is -0.660. The van der Waals surface area contributed by atoms with E-state index in [-0.39, 0.29) is 16.8 Å². The van der Waals surface area contributed by atoms with Crippen LogP contribution in [0.1, 0.15) is 33.1 Å². The van der Waals surface area contributed by atoms with Gasteiger partial charge in [-0.3, -0.25) is 0 Å². The minimum atomic E-state index is -2.80. The molecule has 1 aromatic carbocycles. The Morgan fingerprint density at radius 1 is 1.12 bits per heavy atom. The average Bonchev–Trinajstić information content (AvgIpc) is 2.52. The molecule has 0 saturated carbocycles. The smallest absolute Gasteiger partial charge is 0.201 e. The molecule has 1 nitrogen and oxygen atoms in total. The number of hydrogen-bond donors (Lipinski definition) is 0. The first-order valence-electron chi connectivity index (χ1n) is 10.6. The molecule has 0 saturated heterocycles. The van der Waals surface area contributed by atoms with Crippen molar-refractivity contribution in [1.29, 1.82) is 0 Å². The minimum Gasteiger partial charge on any atom is -0.201 e. The highest BCUT2D eigenvalue weighted by Gasteiger charge is 2.11. The molecular formula is C15H18N+. The fourth-order valence-electron chi connectivity index (χ4n) is 1.42. The topological polar surface area (TPSA) is 3.88 Å². The van der Waals surface area contributed by atoms with E-state index >= 15 is 0 Å². The van der Waals surface area contributed by atoms with Crippen LogP contribution in [0.3, 0.4) is 0 Å². The fraction of sp³-hybridized carbons (Fsp3) is 0.267. The highest BCUT2D eigenvalue weighted by Crippen LogP contribution is 2.21. The van der Waals surface area contributed by atoms with Crippen molar-refractivity contribution < 1.29 is 21.0 Å². The molecule has 0 amide bonds. The van der Waals surface area contributed by atoms with Crippen molar-refractivity contribution in [1.82, 2.24) is 0 Å². The second-order valence-electron chi connectivity index (χ2n) is 3.39. The minimum absolute atomic E-state index is 0.00309. The Hall–Kier alpha value is -1.63. The zero-order valence-electron chi connectivity index (χ0n) is 20.9. The van der Waals surface area contributed by atoms with Gasteiger partial charge in [0.05, 0.1) is 6.85 Å². The van der Waals surface area contributed by atoms with E-state index < -0.39 is 61.2 Å². The Morgan fingerprint density at radius 3 is 2.62 bits per heavy atom. The largest absolute Gasteiger partial charge is 0.212 e. The van der Waals surface area contributed by atoms with Crippen LogP contribution in [0.5, 0.6) is 0 Å². The molecule has 0 radical (unpaired) electrons. The van der Waals surface area contributed by atoms with Crippen molar-refractivity contribution >= 4 is 0 Å².